The SMILES string of the molecule is CN(C)C(=O)c1nn(C)c2c1CN(Cc1nccs1)C2. The van der Waals surface area contributed by atoms with E-state index in [1.165, 1.54) is 0 Å². The normalized spacial score (nSPS) is 14.6. The smallest absolute Gasteiger partial charge is 0.274 e. The largest absolute Gasteiger partial charge is 0.343 e. The quantitative estimate of drug-likeness (QED) is 0.849. The van der Waals surface area contributed by atoms with E-state index < -0.39 is 0 Å². The van der Waals surface area contributed by atoms with E-state index in [4.69, 9.17) is 0 Å². The molecule has 0 spiro atoms. The summed E-state index contributed by atoms with van der Waals surface area (Å²) in [5.41, 5.74) is 2.77. The molecule has 3 heterocycles. The summed E-state index contributed by atoms with van der Waals surface area (Å²) in [6.45, 7) is 2.40. The van der Waals surface area contributed by atoms with Crippen molar-refractivity contribution in [2.24, 2.45) is 7.05 Å². The van der Waals surface area contributed by atoms with Crippen LogP contribution in [0.25, 0.3) is 0 Å². The fourth-order valence-electron chi connectivity index (χ4n) is 2.48. The van der Waals surface area contributed by atoms with Crippen molar-refractivity contribution in [3.05, 3.63) is 33.5 Å². The molecule has 0 saturated heterocycles. The van der Waals surface area contributed by atoms with Crippen LogP contribution < -0.4 is 0 Å². The van der Waals surface area contributed by atoms with E-state index in [1.54, 1.807) is 30.3 Å². The van der Waals surface area contributed by atoms with Gasteiger partial charge in [-0.05, 0) is 0 Å². The van der Waals surface area contributed by atoms with Crippen LogP contribution in [0.2, 0.25) is 0 Å². The van der Waals surface area contributed by atoms with Gasteiger partial charge >= 0.3 is 0 Å². The Balaban J connectivity index is 1.82. The summed E-state index contributed by atoms with van der Waals surface area (Å²) in [7, 11) is 5.41. The Morgan fingerprint density at radius 2 is 2.25 bits per heavy atom. The fraction of sp³-hybridized carbons (Fsp3) is 0.462. The second-order valence-electron chi connectivity index (χ2n) is 5.17. The lowest BCUT2D eigenvalue weighted by Crippen LogP contribution is -2.24. The Morgan fingerprint density at radius 1 is 1.45 bits per heavy atom. The Morgan fingerprint density at radius 3 is 2.90 bits per heavy atom. The first-order valence-corrected chi connectivity index (χ1v) is 7.31. The number of carbonyl (C=O) groups excluding carboxylic acids is 1. The number of fused-ring (bicyclic) bond motifs is 1. The number of rotatable bonds is 3. The van der Waals surface area contributed by atoms with Crippen molar-refractivity contribution in [3.8, 4) is 0 Å². The predicted molar refractivity (Wildman–Crippen MR) is 76.3 cm³/mol. The van der Waals surface area contributed by atoms with Crippen molar-refractivity contribution < 1.29 is 4.79 Å². The van der Waals surface area contributed by atoms with Gasteiger partial charge in [0.15, 0.2) is 5.69 Å². The first kappa shape index (κ1) is 13.3. The molecule has 2 aromatic rings. The van der Waals surface area contributed by atoms with Gasteiger partial charge in [0, 0.05) is 51.4 Å². The molecular formula is C13H17N5OS. The molecule has 0 unspecified atom stereocenters. The van der Waals surface area contributed by atoms with Gasteiger partial charge < -0.3 is 4.90 Å². The average Bonchev–Trinajstić information content (AvgIpc) is 3.09. The summed E-state index contributed by atoms with van der Waals surface area (Å²) in [6, 6.07) is 0. The maximum absolute atomic E-state index is 12.2. The van der Waals surface area contributed by atoms with Crippen LogP contribution in [0.1, 0.15) is 26.8 Å². The van der Waals surface area contributed by atoms with Gasteiger partial charge in [0.1, 0.15) is 5.01 Å². The number of aryl methyl sites for hydroxylation is 1. The van der Waals surface area contributed by atoms with Crippen molar-refractivity contribution in [1.82, 2.24) is 24.6 Å². The number of amides is 1. The highest BCUT2D eigenvalue weighted by atomic mass is 32.1. The molecular weight excluding hydrogens is 274 g/mol. The minimum atomic E-state index is -0.0297. The molecule has 0 radical (unpaired) electrons. The molecule has 0 bridgehead atoms. The van der Waals surface area contributed by atoms with E-state index >= 15 is 0 Å². The van der Waals surface area contributed by atoms with E-state index in [0.717, 1.165) is 35.9 Å². The maximum atomic E-state index is 12.2. The molecule has 3 rings (SSSR count). The standard InChI is InChI=1S/C13H17N5OS/c1-16(2)13(19)12-9-6-18(7-10(9)17(3)15-12)8-11-14-4-5-20-11/h4-5H,6-8H2,1-3H3. The zero-order valence-corrected chi connectivity index (χ0v) is 12.6. The summed E-state index contributed by atoms with van der Waals surface area (Å²) in [5, 5.41) is 7.46. The van der Waals surface area contributed by atoms with Crippen LogP contribution in [0.5, 0.6) is 0 Å². The third kappa shape index (κ3) is 2.23. The van der Waals surface area contributed by atoms with Gasteiger partial charge in [-0.1, -0.05) is 0 Å². The van der Waals surface area contributed by atoms with Gasteiger partial charge in [0.2, 0.25) is 0 Å². The first-order valence-electron chi connectivity index (χ1n) is 6.43. The fourth-order valence-corrected chi connectivity index (χ4v) is 3.13. The summed E-state index contributed by atoms with van der Waals surface area (Å²) in [6.07, 6.45) is 1.83. The molecule has 1 amide bonds. The van der Waals surface area contributed by atoms with E-state index in [1.807, 2.05) is 23.3 Å². The van der Waals surface area contributed by atoms with E-state index in [9.17, 15) is 4.79 Å². The summed E-state index contributed by atoms with van der Waals surface area (Å²) < 4.78 is 1.83. The third-order valence-electron chi connectivity index (χ3n) is 3.48. The van der Waals surface area contributed by atoms with Crippen molar-refractivity contribution in [3.63, 3.8) is 0 Å². The van der Waals surface area contributed by atoms with Crippen LogP contribution in [0.15, 0.2) is 11.6 Å². The number of hydrogen-bond acceptors (Lipinski definition) is 5. The highest BCUT2D eigenvalue weighted by molar-refractivity contribution is 7.09. The molecule has 0 N–H and O–H groups in total. The van der Waals surface area contributed by atoms with Crippen molar-refractivity contribution in [1.29, 1.82) is 0 Å². The lowest BCUT2D eigenvalue weighted by atomic mass is 10.2. The lowest BCUT2D eigenvalue weighted by molar-refractivity contribution is 0.0819. The molecule has 0 aliphatic carbocycles. The molecule has 0 saturated carbocycles. The van der Waals surface area contributed by atoms with Crippen LogP contribution in [0.3, 0.4) is 0 Å². The van der Waals surface area contributed by atoms with Crippen LogP contribution in [-0.4, -0.2) is 44.6 Å². The zero-order valence-electron chi connectivity index (χ0n) is 11.8. The minimum Gasteiger partial charge on any atom is -0.343 e. The van der Waals surface area contributed by atoms with Gasteiger partial charge in [0.25, 0.3) is 5.91 Å². The molecule has 20 heavy (non-hydrogen) atoms. The molecule has 7 heteroatoms. The number of carbonyl (C=O) groups is 1. The van der Waals surface area contributed by atoms with Crippen molar-refractivity contribution >= 4 is 17.2 Å². The van der Waals surface area contributed by atoms with Gasteiger partial charge in [-0.15, -0.1) is 11.3 Å². The molecule has 0 aromatic carbocycles. The molecule has 0 atom stereocenters. The Hall–Kier alpha value is -1.73. The monoisotopic (exact) mass is 291 g/mol. The Labute approximate surface area is 121 Å². The minimum absolute atomic E-state index is 0.0297. The van der Waals surface area contributed by atoms with E-state index in [2.05, 4.69) is 15.0 Å². The Kier molecular flexibility index (Phi) is 3.31. The van der Waals surface area contributed by atoms with Crippen LogP contribution in [-0.2, 0) is 26.7 Å². The highest BCUT2D eigenvalue weighted by Gasteiger charge is 2.30. The van der Waals surface area contributed by atoms with Gasteiger partial charge in [-0.25, -0.2) is 4.98 Å². The second-order valence-corrected chi connectivity index (χ2v) is 6.15. The molecule has 0 fully saturated rings. The number of thiazole rings is 1. The predicted octanol–water partition coefficient (Wildman–Crippen LogP) is 1.09. The van der Waals surface area contributed by atoms with Crippen molar-refractivity contribution in [2.45, 2.75) is 19.6 Å². The Bertz CT molecular complexity index is 631. The van der Waals surface area contributed by atoms with Crippen molar-refractivity contribution in [2.75, 3.05) is 14.1 Å². The summed E-state index contributed by atoms with van der Waals surface area (Å²) >= 11 is 1.66. The molecule has 1 aliphatic rings. The lowest BCUT2D eigenvalue weighted by Gasteiger charge is -2.14. The number of hydrogen-bond donors (Lipinski definition) is 0. The maximum Gasteiger partial charge on any atom is 0.274 e. The number of aromatic nitrogens is 3. The van der Waals surface area contributed by atoms with E-state index in [0.29, 0.717) is 5.69 Å². The zero-order chi connectivity index (χ0) is 14.3. The van der Waals surface area contributed by atoms with E-state index in [-0.39, 0.29) is 5.91 Å². The highest BCUT2D eigenvalue weighted by Crippen LogP contribution is 2.27. The van der Waals surface area contributed by atoms with Gasteiger partial charge in [-0.2, -0.15) is 5.10 Å². The van der Waals surface area contributed by atoms with Gasteiger partial charge in [-0.3, -0.25) is 14.4 Å². The third-order valence-corrected chi connectivity index (χ3v) is 4.25. The molecule has 6 nitrogen and oxygen atoms in total. The topological polar surface area (TPSA) is 54.3 Å². The summed E-state index contributed by atoms with van der Waals surface area (Å²) in [5.74, 6) is -0.0297. The average molecular weight is 291 g/mol. The van der Waals surface area contributed by atoms with Crippen LogP contribution >= 0.6 is 11.3 Å². The first-order chi connectivity index (χ1) is 9.56. The number of nitrogens with zero attached hydrogens (tertiary/aromatic N) is 5. The molecule has 2 aromatic heterocycles. The van der Waals surface area contributed by atoms with Crippen LogP contribution in [0.4, 0.5) is 0 Å². The second kappa shape index (κ2) is 4.99. The molecule has 106 valence electrons. The summed E-state index contributed by atoms with van der Waals surface area (Å²) in [4.78, 5) is 20.3. The van der Waals surface area contributed by atoms with Gasteiger partial charge in [0.05, 0.1) is 12.2 Å². The molecule has 1 aliphatic heterocycles. The van der Waals surface area contributed by atoms with Crippen LogP contribution in [0, 0.1) is 0 Å².